The van der Waals surface area contributed by atoms with Crippen LogP contribution in [0.3, 0.4) is 0 Å². The summed E-state index contributed by atoms with van der Waals surface area (Å²) in [4.78, 5) is 10.4. The molecule has 94 valence electrons. The maximum Gasteiger partial charge on any atom is 0.274 e. The second kappa shape index (κ2) is 4.92. The fourth-order valence-electron chi connectivity index (χ4n) is 1.70. The van der Waals surface area contributed by atoms with E-state index in [1.54, 1.807) is 25.3 Å². The summed E-state index contributed by atoms with van der Waals surface area (Å²) in [5.74, 6) is 0. The van der Waals surface area contributed by atoms with Crippen LogP contribution in [0.5, 0.6) is 0 Å². The van der Waals surface area contributed by atoms with Crippen LogP contribution in [0.1, 0.15) is 11.3 Å². The Bertz CT molecular complexity index is 579. The van der Waals surface area contributed by atoms with Gasteiger partial charge in [0.1, 0.15) is 0 Å². The summed E-state index contributed by atoms with van der Waals surface area (Å²) in [5, 5.41) is 27.4. The van der Waals surface area contributed by atoms with Crippen molar-refractivity contribution in [3.05, 3.63) is 45.8 Å². The van der Waals surface area contributed by atoms with E-state index >= 15 is 0 Å². The number of nitro groups is 1. The largest absolute Gasteiger partial charge is 0.396 e. The van der Waals surface area contributed by atoms with Crippen molar-refractivity contribution in [2.24, 2.45) is 0 Å². The van der Waals surface area contributed by atoms with Crippen LogP contribution >= 0.6 is 0 Å². The van der Waals surface area contributed by atoms with Gasteiger partial charge in [-0.05, 0) is 13.0 Å². The van der Waals surface area contributed by atoms with E-state index in [1.807, 2.05) is 0 Å². The number of aliphatic hydroxyl groups excluding tert-OH is 1. The van der Waals surface area contributed by atoms with Gasteiger partial charge in [-0.25, -0.2) is 4.68 Å². The Morgan fingerprint density at radius 1 is 1.50 bits per heavy atom. The second-order valence-corrected chi connectivity index (χ2v) is 3.81. The highest BCUT2D eigenvalue weighted by molar-refractivity contribution is 5.52. The first-order valence-corrected chi connectivity index (χ1v) is 5.40. The Kier molecular flexibility index (Phi) is 3.33. The highest BCUT2D eigenvalue weighted by Gasteiger charge is 2.15. The quantitative estimate of drug-likeness (QED) is 0.643. The molecular weight excluding hydrogens is 236 g/mol. The van der Waals surface area contributed by atoms with E-state index in [0.29, 0.717) is 23.4 Å². The lowest BCUT2D eigenvalue weighted by atomic mass is 10.1. The molecule has 18 heavy (non-hydrogen) atoms. The monoisotopic (exact) mass is 248 g/mol. The molecule has 0 fully saturated rings. The van der Waals surface area contributed by atoms with Crippen molar-refractivity contribution in [3.8, 4) is 5.69 Å². The molecule has 0 aliphatic heterocycles. The molecule has 7 heteroatoms. The van der Waals surface area contributed by atoms with Crippen molar-refractivity contribution in [2.75, 3.05) is 6.61 Å². The van der Waals surface area contributed by atoms with E-state index in [2.05, 4.69) is 10.3 Å². The summed E-state index contributed by atoms with van der Waals surface area (Å²) in [6, 6.07) is 4.79. The molecule has 2 aromatic rings. The number of aliphatic hydroxyl groups is 1. The fourth-order valence-corrected chi connectivity index (χ4v) is 1.70. The van der Waals surface area contributed by atoms with Gasteiger partial charge in [0.2, 0.25) is 0 Å². The van der Waals surface area contributed by atoms with Gasteiger partial charge in [0.05, 0.1) is 28.1 Å². The van der Waals surface area contributed by atoms with E-state index < -0.39 is 4.92 Å². The van der Waals surface area contributed by atoms with Gasteiger partial charge in [-0.1, -0.05) is 11.3 Å². The van der Waals surface area contributed by atoms with Gasteiger partial charge in [-0.15, -0.1) is 5.10 Å². The van der Waals surface area contributed by atoms with Gasteiger partial charge in [0.15, 0.2) is 0 Å². The van der Waals surface area contributed by atoms with Gasteiger partial charge in [-0.2, -0.15) is 0 Å². The van der Waals surface area contributed by atoms with Crippen molar-refractivity contribution in [1.29, 1.82) is 0 Å². The lowest BCUT2D eigenvalue weighted by Crippen LogP contribution is -2.01. The van der Waals surface area contributed by atoms with Crippen LogP contribution in [0.4, 0.5) is 5.69 Å². The Labute approximate surface area is 103 Å². The first-order chi connectivity index (χ1) is 8.63. The molecule has 7 nitrogen and oxygen atoms in total. The van der Waals surface area contributed by atoms with E-state index in [-0.39, 0.29) is 12.3 Å². The van der Waals surface area contributed by atoms with E-state index in [4.69, 9.17) is 5.11 Å². The molecule has 2 rings (SSSR count). The van der Waals surface area contributed by atoms with Crippen molar-refractivity contribution in [1.82, 2.24) is 15.0 Å². The van der Waals surface area contributed by atoms with Crippen LogP contribution in [0.25, 0.3) is 5.69 Å². The summed E-state index contributed by atoms with van der Waals surface area (Å²) in [6.07, 6.45) is 2.07. The Balaban J connectivity index is 2.43. The first-order valence-electron chi connectivity index (χ1n) is 5.40. The predicted molar refractivity (Wildman–Crippen MR) is 63.5 cm³/mol. The highest BCUT2D eigenvalue weighted by atomic mass is 16.6. The number of hydrogen-bond acceptors (Lipinski definition) is 5. The number of nitro benzene ring substituents is 1. The fraction of sp³-hybridized carbons (Fsp3) is 0.273. The SMILES string of the molecule is Cc1c(-n2cc(CCO)nn2)cccc1[N+](=O)[O-]. The van der Waals surface area contributed by atoms with Gasteiger partial charge < -0.3 is 5.11 Å². The third-order valence-electron chi connectivity index (χ3n) is 2.63. The number of hydrogen-bond donors (Lipinski definition) is 1. The number of rotatable bonds is 4. The zero-order chi connectivity index (χ0) is 13.1. The maximum absolute atomic E-state index is 10.8. The predicted octanol–water partition coefficient (Wildman–Crippen LogP) is 1.02. The van der Waals surface area contributed by atoms with Crippen LogP contribution < -0.4 is 0 Å². The summed E-state index contributed by atoms with van der Waals surface area (Å²) in [7, 11) is 0. The lowest BCUT2D eigenvalue weighted by molar-refractivity contribution is -0.385. The third kappa shape index (κ3) is 2.21. The smallest absolute Gasteiger partial charge is 0.274 e. The number of nitrogens with zero attached hydrogens (tertiary/aromatic N) is 4. The molecule has 0 saturated heterocycles. The van der Waals surface area contributed by atoms with E-state index in [1.165, 1.54) is 10.7 Å². The average molecular weight is 248 g/mol. The minimum atomic E-state index is -0.426. The van der Waals surface area contributed by atoms with Crippen LogP contribution in [-0.4, -0.2) is 31.6 Å². The molecule has 1 N–H and O–H groups in total. The minimum absolute atomic E-state index is 0.00733. The van der Waals surface area contributed by atoms with Gasteiger partial charge in [-0.3, -0.25) is 10.1 Å². The molecule has 0 amide bonds. The highest BCUT2D eigenvalue weighted by Crippen LogP contribution is 2.23. The molecular formula is C11H12N4O3. The standard InChI is InChI=1S/C11H12N4O3/c1-8-10(3-2-4-11(8)15(17)18)14-7-9(5-6-16)12-13-14/h2-4,7,16H,5-6H2,1H3. The molecule has 0 saturated carbocycles. The molecule has 1 heterocycles. The summed E-state index contributed by atoms with van der Waals surface area (Å²) in [6.45, 7) is 1.66. The van der Waals surface area contributed by atoms with Crippen molar-refractivity contribution >= 4 is 5.69 Å². The van der Waals surface area contributed by atoms with E-state index in [0.717, 1.165) is 0 Å². The topological polar surface area (TPSA) is 94.1 Å². The molecule has 0 bridgehead atoms. The van der Waals surface area contributed by atoms with Gasteiger partial charge in [0.25, 0.3) is 5.69 Å². The molecule has 1 aromatic heterocycles. The Hall–Kier alpha value is -2.28. The summed E-state index contributed by atoms with van der Waals surface area (Å²) >= 11 is 0. The normalized spacial score (nSPS) is 10.6. The van der Waals surface area contributed by atoms with Gasteiger partial charge in [0, 0.05) is 19.1 Å². The van der Waals surface area contributed by atoms with Crippen LogP contribution in [0.15, 0.2) is 24.4 Å². The van der Waals surface area contributed by atoms with Crippen molar-refractivity contribution in [3.63, 3.8) is 0 Å². The third-order valence-corrected chi connectivity index (χ3v) is 2.63. The van der Waals surface area contributed by atoms with E-state index in [9.17, 15) is 10.1 Å². The average Bonchev–Trinajstić information content (AvgIpc) is 2.78. The van der Waals surface area contributed by atoms with Crippen molar-refractivity contribution < 1.29 is 10.0 Å². The molecule has 0 radical (unpaired) electrons. The molecule has 0 atom stereocenters. The zero-order valence-electron chi connectivity index (χ0n) is 9.78. The van der Waals surface area contributed by atoms with Crippen LogP contribution in [0.2, 0.25) is 0 Å². The second-order valence-electron chi connectivity index (χ2n) is 3.81. The zero-order valence-corrected chi connectivity index (χ0v) is 9.78. The molecule has 1 aromatic carbocycles. The lowest BCUT2D eigenvalue weighted by Gasteiger charge is -2.04. The van der Waals surface area contributed by atoms with Crippen LogP contribution in [-0.2, 0) is 6.42 Å². The van der Waals surface area contributed by atoms with Gasteiger partial charge >= 0.3 is 0 Å². The number of benzene rings is 1. The summed E-state index contributed by atoms with van der Waals surface area (Å²) in [5.41, 5.74) is 1.83. The minimum Gasteiger partial charge on any atom is -0.396 e. The molecule has 0 aliphatic rings. The molecule has 0 aliphatic carbocycles. The summed E-state index contributed by atoms with van der Waals surface area (Å²) < 4.78 is 1.48. The first kappa shape index (κ1) is 12.2. The Morgan fingerprint density at radius 2 is 2.28 bits per heavy atom. The number of aromatic nitrogens is 3. The Morgan fingerprint density at radius 3 is 2.94 bits per heavy atom. The molecule has 0 unspecified atom stereocenters. The van der Waals surface area contributed by atoms with Crippen LogP contribution in [0, 0.1) is 17.0 Å². The van der Waals surface area contributed by atoms with Crippen molar-refractivity contribution in [2.45, 2.75) is 13.3 Å². The maximum atomic E-state index is 10.8. The molecule has 0 spiro atoms.